The molecule has 0 bridgehead atoms. The van der Waals surface area contributed by atoms with Gasteiger partial charge in [0.25, 0.3) is 0 Å². The van der Waals surface area contributed by atoms with Gasteiger partial charge in [-0.25, -0.2) is 4.79 Å². The van der Waals surface area contributed by atoms with E-state index >= 15 is 0 Å². The van der Waals surface area contributed by atoms with Crippen molar-refractivity contribution in [3.63, 3.8) is 0 Å². The molecule has 1 heterocycles. The van der Waals surface area contributed by atoms with Crippen LogP contribution in [0, 0.1) is 0 Å². The first-order chi connectivity index (χ1) is 6.56. The van der Waals surface area contributed by atoms with Crippen molar-refractivity contribution in [1.29, 1.82) is 0 Å². The highest BCUT2D eigenvalue weighted by Crippen LogP contribution is 2.12. The minimum absolute atomic E-state index is 0.0328. The second kappa shape index (κ2) is 4.08. The van der Waals surface area contributed by atoms with Gasteiger partial charge in [-0.2, -0.15) is 0 Å². The van der Waals surface area contributed by atoms with Gasteiger partial charge in [-0.05, 0) is 6.42 Å². The second-order valence-corrected chi connectivity index (χ2v) is 3.08. The van der Waals surface area contributed by atoms with Crippen molar-refractivity contribution in [1.82, 2.24) is 10.2 Å². The Morgan fingerprint density at radius 1 is 1.64 bits per heavy atom. The third kappa shape index (κ3) is 2.01. The van der Waals surface area contributed by atoms with Gasteiger partial charge < -0.3 is 10.4 Å². The number of amides is 3. The number of imide groups is 1. The summed E-state index contributed by atoms with van der Waals surface area (Å²) in [7, 11) is 0. The summed E-state index contributed by atoms with van der Waals surface area (Å²) in [6.45, 7) is 1.71. The number of aliphatic carboxylic acids is 1. The maximum Gasteiger partial charge on any atom is 0.324 e. The molecule has 1 atom stereocenters. The molecule has 3 amide bonds. The maximum atomic E-state index is 11.2. The Hall–Kier alpha value is -1.59. The van der Waals surface area contributed by atoms with Crippen LogP contribution in [0.25, 0.3) is 0 Å². The second-order valence-electron chi connectivity index (χ2n) is 3.08. The van der Waals surface area contributed by atoms with E-state index in [9.17, 15) is 14.4 Å². The first kappa shape index (κ1) is 10.5. The average molecular weight is 200 g/mol. The van der Waals surface area contributed by atoms with Gasteiger partial charge in [-0.1, -0.05) is 6.92 Å². The molecule has 0 aromatic heterocycles. The molecule has 0 aromatic carbocycles. The molecule has 1 aliphatic heterocycles. The van der Waals surface area contributed by atoms with Crippen molar-refractivity contribution in [2.45, 2.75) is 25.8 Å². The van der Waals surface area contributed by atoms with Gasteiger partial charge in [0.05, 0.1) is 19.0 Å². The molecule has 0 radical (unpaired) electrons. The fourth-order valence-corrected chi connectivity index (χ4v) is 1.42. The van der Waals surface area contributed by atoms with E-state index in [1.807, 2.05) is 0 Å². The number of nitrogens with one attached hydrogen (secondary N) is 1. The smallest absolute Gasteiger partial charge is 0.324 e. The zero-order chi connectivity index (χ0) is 10.7. The highest BCUT2D eigenvalue weighted by atomic mass is 16.4. The van der Waals surface area contributed by atoms with E-state index in [1.165, 1.54) is 0 Å². The summed E-state index contributed by atoms with van der Waals surface area (Å²) in [5, 5.41) is 10.9. The predicted molar refractivity (Wildman–Crippen MR) is 46.6 cm³/mol. The monoisotopic (exact) mass is 200 g/mol. The summed E-state index contributed by atoms with van der Waals surface area (Å²) in [6.07, 6.45) is 0.251. The van der Waals surface area contributed by atoms with Crippen molar-refractivity contribution in [3.8, 4) is 0 Å². The molecule has 0 aromatic rings. The van der Waals surface area contributed by atoms with Crippen LogP contribution in [0.5, 0.6) is 0 Å². The van der Waals surface area contributed by atoms with E-state index in [4.69, 9.17) is 5.11 Å². The summed E-state index contributed by atoms with van der Waals surface area (Å²) in [6, 6.07) is -1.04. The highest BCUT2D eigenvalue weighted by molar-refractivity contribution is 6.02. The molecule has 1 aliphatic rings. The number of carboxylic acid groups (broad SMARTS) is 1. The lowest BCUT2D eigenvalue weighted by Gasteiger charge is -2.21. The minimum Gasteiger partial charge on any atom is -0.481 e. The number of urea groups is 1. The van der Waals surface area contributed by atoms with E-state index in [0.717, 1.165) is 4.90 Å². The molecule has 78 valence electrons. The van der Waals surface area contributed by atoms with Crippen LogP contribution >= 0.6 is 0 Å². The first-order valence-electron chi connectivity index (χ1n) is 4.38. The summed E-state index contributed by atoms with van der Waals surface area (Å²) >= 11 is 0. The van der Waals surface area contributed by atoms with Crippen LogP contribution in [0.15, 0.2) is 0 Å². The number of nitrogens with zero attached hydrogens (tertiary/aromatic N) is 1. The van der Waals surface area contributed by atoms with Gasteiger partial charge in [-0.15, -0.1) is 0 Å². The van der Waals surface area contributed by atoms with E-state index < -0.39 is 18.0 Å². The molecule has 1 rings (SSSR count). The van der Waals surface area contributed by atoms with E-state index in [0.29, 0.717) is 6.42 Å². The molecule has 1 fully saturated rings. The van der Waals surface area contributed by atoms with E-state index in [2.05, 4.69) is 5.32 Å². The van der Waals surface area contributed by atoms with Gasteiger partial charge in [0, 0.05) is 0 Å². The quantitative estimate of drug-likeness (QED) is 0.615. The summed E-state index contributed by atoms with van der Waals surface area (Å²) < 4.78 is 0. The maximum absolute atomic E-state index is 11.2. The lowest BCUT2D eigenvalue weighted by atomic mass is 10.1. The molecular weight excluding hydrogens is 188 g/mol. The molecule has 1 saturated heterocycles. The zero-order valence-electron chi connectivity index (χ0n) is 7.82. The normalized spacial score (nSPS) is 18.2. The first-order valence-corrected chi connectivity index (χ1v) is 4.38. The Labute approximate surface area is 80.9 Å². The van der Waals surface area contributed by atoms with Gasteiger partial charge in [0.1, 0.15) is 0 Å². The number of carbonyl (C=O) groups is 3. The number of rotatable bonds is 4. The van der Waals surface area contributed by atoms with Crippen molar-refractivity contribution in [2.75, 3.05) is 6.54 Å². The number of hydrogen-bond donors (Lipinski definition) is 2. The van der Waals surface area contributed by atoms with Crippen LogP contribution in [0.2, 0.25) is 0 Å². The molecule has 6 nitrogen and oxygen atoms in total. The lowest BCUT2D eigenvalue weighted by molar-refractivity contribution is -0.138. The fourth-order valence-electron chi connectivity index (χ4n) is 1.42. The van der Waals surface area contributed by atoms with Gasteiger partial charge >= 0.3 is 12.0 Å². The van der Waals surface area contributed by atoms with Crippen LogP contribution in [-0.4, -0.2) is 40.5 Å². The Balaban J connectivity index is 2.72. The van der Waals surface area contributed by atoms with Gasteiger partial charge in [-0.3, -0.25) is 14.5 Å². The fraction of sp³-hybridized carbons (Fsp3) is 0.625. The van der Waals surface area contributed by atoms with Crippen LogP contribution < -0.4 is 5.32 Å². The molecule has 6 heteroatoms. The van der Waals surface area contributed by atoms with Crippen molar-refractivity contribution in [3.05, 3.63) is 0 Å². The molecule has 1 unspecified atom stereocenters. The topological polar surface area (TPSA) is 86.7 Å². The van der Waals surface area contributed by atoms with Crippen molar-refractivity contribution in [2.24, 2.45) is 0 Å². The highest BCUT2D eigenvalue weighted by Gasteiger charge is 2.34. The van der Waals surface area contributed by atoms with Crippen LogP contribution in [-0.2, 0) is 9.59 Å². The lowest BCUT2D eigenvalue weighted by Crippen LogP contribution is -2.41. The predicted octanol–water partition coefficient (Wildman–Crippen LogP) is -0.209. The standard InChI is InChI=1S/C8H12N2O4/c1-2-5(3-7(12)13)10-6(11)4-9-8(10)14/h5H,2-4H2,1H3,(H,9,14)(H,12,13). The average Bonchev–Trinajstić information content (AvgIpc) is 2.43. The number of hydrogen-bond acceptors (Lipinski definition) is 3. The van der Waals surface area contributed by atoms with Gasteiger partial charge in [0.15, 0.2) is 0 Å². The Kier molecular flexibility index (Phi) is 3.06. The third-order valence-electron chi connectivity index (χ3n) is 2.12. The van der Waals surface area contributed by atoms with Gasteiger partial charge in [0.2, 0.25) is 5.91 Å². The molecule has 14 heavy (non-hydrogen) atoms. The van der Waals surface area contributed by atoms with Crippen LogP contribution in [0.3, 0.4) is 0 Å². The SMILES string of the molecule is CCC(CC(=O)O)N1C(=O)CNC1=O. The summed E-state index contributed by atoms with van der Waals surface area (Å²) in [5.41, 5.74) is 0. The largest absolute Gasteiger partial charge is 0.481 e. The number of carbonyl (C=O) groups excluding carboxylic acids is 2. The Bertz CT molecular complexity index is 261. The Morgan fingerprint density at radius 2 is 2.29 bits per heavy atom. The van der Waals surface area contributed by atoms with Crippen LogP contribution in [0.4, 0.5) is 4.79 Å². The number of carboxylic acids is 1. The van der Waals surface area contributed by atoms with Crippen molar-refractivity contribution < 1.29 is 19.5 Å². The van der Waals surface area contributed by atoms with Crippen LogP contribution in [0.1, 0.15) is 19.8 Å². The molecule has 2 N–H and O–H groups in total. The zero-order valence-corrected chi connectivity index (χ0v) is 7.82. The molecule has 0 spiro atoms. The molecule has 0 aliphatic carbocycles. The van der Waals surface area contributed by atoms with E-state index in [-0.39, 0.29) is 18.9 Å². The van der Waals surface area contributed by atoms with Crippen molar-refractivity contribution >= 4 is 17.9 Å². The molecule has 0 saturated carbocycles. The summed E-state index contributed by atoms with van der Waals surface area (Å²) in [5.74, 6) is -1.37. The molecular formula is C8H12N2O4. The van der Waals surface area contributed by atoms with E-state index in [1.54, 1.807) is 6.92 Å². The summed E-state index contributed by atoms with van der Waals surface area (Å²) in [4.78, 5) is 33.8. The minimum atomic E-state index is -1.01. The third-order valence-corrected chi connectivity index (χ3v) is 2.12. The Morgan fingerprint density at radius 3 is 2.64 bits per heavy atom.